The summed E-state index contributed by atoms with van der Waals surface area (Å²) in [5, 5.41) is 0. The van der Waals surface area contributed by atoms with Crippen LogP contribution in [0.5, 0.6) is 0 Å². The molecule has 0 bridgehead atoms. The number of benzene rings is 2. The molecule has 0 saturated carbocycles. The molecule has 0 amide bonds. The van der Waals surface area contributed by atoms with Gasteiger partial charge in [-0.2, -0.15) is 0 Å². The van der Waals surface area contributed by atoms with E-state index in [4.69, 9.17) is 0 Å². The lowest BCUT2D eigenvalue weighted by Gasteiger charge is -2.11. The van der Waals surface area contributed by atoms with Crippen molar-refractivity contribution in [1.82, 2.24) is 0 Å². The standard InChI is InChI=1S/C19H16/c1-13-6-4-9-15(13)17-10-5-11-18-16-8-3-2-7-14(16)12-19(17)18/h2-3,5-11H,4,12H2,1H3. The van der Waals surface area contributed by atoms with Crippen molar-refractivity contribution in [1.29, 1.82) is 0 Å². The van der Waals surface area contributed by atoms with E-state index in [1.807, 2.05) is 0 Å². The Morgan fingerprint density at radius 1 is 0.789 bits per heavy atom. The molecule has 0 unspecified atom stereocenters. The largest absolute Gasteiger partial charge is 0.0772 e. The maximum Gasteiger partial charge on any atom is -0.000729 e. The van der Waals surface area contributed by atoms with Crippen LogP contribution in [0.15, 0.2) is 60.2 Å². The molecule has 0 radical (unpaired) electrons. The molecule has 0 heteroatoms. The van der Waals surface area contributed by atoms with Crippen molar-refractivity contribution in [3.63, 3.8) is 0 Å². The van der Waals surface area contributed by atoms with Crippen molar-refractivity contribution in [2.24, 2.45) is 0 Å². The van der Waals surface area contributed by atoms with E-state index in [1.165, 1.54) is 39.0 Å². The van der Waals surface area contributed by atoms with E-state index in [0.717, 1.165) is 12.8 Å². The van der Waals surface area contributed by atoms with Gasteiger partial charge in [0.25, 0.3) is 0 Å². The summed E-state index contributed by atoms with van der Waals surface area (Å²) in [6.07, 6.45) is 6.83. The Morgan fingerprint density at radius 3 is 2.42 bits per heavy atom. The van der Waals surface area contributed by atoms with Crippen molar-refractivity contribution in [3.05, 3.63) is 76.9 Å². The van der Waals surface area contributed by atoms with Crippen LogP contribution < -0.4 is 0 Å². The van der Waals surface area contributed by atoms with E-state index < -0.39 is 0 Å². The first kappa shape index (κ1) is 10.8. The molecule has 0 nitrogen and oxygen atoms in total. The Kier molecular flexibility index (Phi) is 2.25. The molecular weight excluding hydrogens is 228 g/mol. The van der Waals surface area contributed by atoms with Crippen molar-refractivity contribution >= 4 is 5.57 Å². The number of hydrogen-bond acceptors (Lipinski definition) is 0. The molecule has 4 rings (SSSR count). The molecule has 0 heterocycles. The highest BCUT2D eigenvalue weighted by molar-refractivity contribution is 5.88. The number of hydrogen-bond donors (Lipinski definition) is 0. The van der Waals surface area contributed by atoms with Crippen LogP contribution in [0.1, 0.15) is 30.0 Å². The van der Waals surface area contributed by atoms with Crippen molar-refractivity contribution in [2.45, 2.75) is 19.8 Å². The summed E-state index contributed by atoms with van der Waals surface area (Å²) in [4.78, 5) is 0. The van der Waals surface area contributed by atoms with Gasteiger partial charge in [-0.3, -0.25) is 0 Å². The Morgan fingerprint density at radius 2 is 1.58 bits per heavy atom. The average molecular weight is 244 g/mol. The predicted molar refractivity (Wildman–Crippen MR) is 81.0 cm³/mol. The quantitative estimate of drug-likeness (QED) is 0.565. The lowest BCUT2D eigenvalue weighted by Crippen LogP contribution is -1.92. The van der Waals surface area contributed by atoms with Gasteiger partial charge in [0.2, 0.25) is 0 Å². The van der Waals surface area contributed by atoms with Gasteiger partial charge in [0.05, 0.1) is 0 Å². The molecule has 0 aromatic heterocycles. The molecule has 2 aliphatic rings. The van der Waals surface area contributed by atoms with E-state index in [9.17, 15) is 0 Å². The van der Waals surface area contributed by atoms with Crippen LogP contribution in [0.2, 0.25) is 0 Å². The predicted octanol–water partition coefficient (Wildman–Crippen LogP) is 4.99. The summed E-state index contributed by atoms with van der Waals surface area (Å²) in [6, 6.07) is 15.5. The Hall–Kier alpha value is -2.08. The van der Waals surface area contributed by atoms with E-state index in [-0.39, 0.29) is 0 Å². The minimum Gasteiger partial charge on any atom is -0.0772 e. The Labute approximate surface area is 114 Å². The molecule has 92 valence electrons. The number of fused-ring (bicyclic) bond motifs is 3. The van der Waals surface area contributed by atoms with Crippen molar-refractivity contribution < 1.29 is 0 Å². The molecule has 0 aliphatic heterocycles. The average Bonchev–Trinajstić information content (AvgIpc) is 3.02. The second-order valence-corrected chi connectivity index (χ2v) is 5.41. The molecule has 0 fully saturated rings. The summed E-state index contributed by atoms with van der Waals surface area (Å²) < 4.78 is 0. The zero-order valence-corrected chi connectivity index (χ0v) is 11.1. The fraction of sp³-hybridized carbons (Fsp3) is 0.158. The summed E-state index contributed by atoms with van der Waals surface area (Å²) in [6.45, 7) is 2.22. The topological polar surface area (TPSA) is 0 Å². The molecule has 0 atom stereocenters. The second kappa shape index (κ2) is 3.96. The van der Waals surface area contributed by atoms with Gasteiger partial charge in [0, 0.05) is 0 Å². The van der Waals surface area contributed by atoms with Gasteiger partial charge in [-0.15, -0.1) is 0 Å². The van der Waals surface area contributed by atoms with Crippen LogP contribution in [0.25, 0.3) is 16.7 Å². The van der Waals surface area contributed by atoms with Crippen LogP contribution in [0, 0.1) is 0 Å². The molecule has 0 saturated heterocycles. The summed E-state index contributed by atoms with van der Waals surface area (Å²) in [5.41, 5.74) is 10.1. The fourth-order valence-electron chi connectivity index (χ4n) is 3.36. The van der Waals surface area contributed by atoms with Crippen LogP contribution in [-0.4, -0.2) is 0 Å². The van der Waals surface area contributed by atoms with Gasteiger partial charge in [0.15, 0.2) is 0 Å². The third-order valence-corrected chi connectivity index (χ3v) is 4.31. The van der Waals surface area contributed by atoms with E-state index in [0.29, 0.717) is 0 Å². The van der Waals surface area contributed by atoms with E-state index in [1.54, 1.807) is 0 Å². The van der Waals surface area contributed by atoms with E-state index >= 15 is 0 Å². The zero-order chi connectivity index (χ0) is 12.8. The first-order valence-electron chi connectivity index (χ1n) is 6.92. The van der Waals surface area contributed by atoms with Crippen LogP contribution in [0.4, 0.5) is 0 Å². The number of rotatable bonds is 1. The molecule has 19 heavy (non-hydrogen) atoms. The highest BCUT2D eigenvalue weighted by Gasteiger charge is 2.22. The summed E-state index contributed by atoms with van der Waals surface area (Å²) >= 11 is 0. The summed E-state index contributed by atoms with van der Waals surface area (Å²) in [5.74, 6) is 0. The minimum absolute atomic E-state index is 1.08. The number of allylic oxidation sites excluding steroid dienone is 4. The van der Waals surface area contributed by atoms with Crippen molar-refractivity contribution in [2.75, 3.05) is 0 Å². The first-order valence-corrected chi connectivity index (χ1v) is 6.92. The van der Waals surface area contributed by atoms with E-state index in [2.05, 4.69) is 61.5 Å². The maximum atomic E-state index is 2.36. The van der Waals surface area contributed by atoms with Gasteiger partial charge >= 0.3 is 0 Å². The Balaban J connectivity index is 1.93. The molecule has 0 spiro atoms. The van der Waals surface area contributed by atoms with Crippen LogP contribution in [0.3, 0.4) is 0 Å². The maximum absolute atomic E-state index is 2.36. The van der Waals surface area contributed by atoms with Gasteiger partial charge in [-0.05, 0) is 58.7 Å². The minimum atomic E-state index is 1.08. The second-order valence-electron chi connectivity index (χ2n) is 5.41. The zero-order valence-electron chi connectivity index (χ0n) is 11.1. The van der Waals surface area contributed by atoms with Gasteiger partial charge in [-0.25, -0.2) is 0 Å². The lowest BCUT2D eigenvalue weighted by molar-refractivity contribution is 1.24. The highest BCUT2D eigenvalue weighted by atomic mass is 14.3. The first-order chi connectivity index (χ1) is 9.34. The Bertz CT molecular complexity index is 729. The van der Waals surface area contributed by atoms with Gasteiger partial charge < -0.3 is 0 Å². The van der Waals surface area contributed by atoms with Crippen LogP contribution in [-0.2, 0) is 6.42 Å². The third-order valence-electron chi connectivity index (χ3n) is 4.31. The van der Waals surface area contributed by atoms with Gasteiger partial charge in [-0.1, -0.05) is 54.6 Å². The monoisotopic (exact) mass is 244 g/mol. The molecule has 2 aromatic rings. The normalized spacial score (nSPS) is 15.8. The molecule has 2 aromatic carbocycles. The fourth-order valence-corrected chi connectivity index (χ4v) is 3.36. The smallest absolute Gasteiger partial charge is 0.000729 e. The van der Waals surface area contributed by atoms with Crippen LogP contribution >= 0.6 is 0 Å². The molecule has 2 aliphatic carbocycles. The molecule has 0 N–H and O–H groups in total. The molecular formula is C19H16. The summed E-state index contributed by atoms with van der Waals surface area (Å²) in [7, 11) is 0. The van der Waals surface area contributed by atoms with Gasteiger partial charge in [0.1, 0.15) is 0 Å². The SMILES string of the molecule is CC1=CCC=C1c1cccc2c1Cc1ccccc1-2. The lowest BCUT2D eigenvalue weighted by atomic mass is 9.93. The van der Waals surface area contributed by atoms with Crippen molar-refractivity contribution in [3.8, 4) is 11.1 Å². The third kappa shape index (κ3) is 1.53. The highest BCUT2D eigenvalue weighted by Crippen LogP contribution is 2.42.